The first kappa shape index (κ1) is 10.6. The second kappa shape index (κ2) is 4.31. The molecule has 1 heterocycles. The molecule has 2 rings (SSSR count). The van der Waals surface area contributed by atoms with Gasteiger partial charge in [-0.05, 0) is 19.1 Å². The van der Waals surface area contributed by atoms with Crippen molar-refractivity contribution in [1.29, 1.82) is 0 Å². The SMILES string of the molecule is CC(N)c1nc(-c2ccc(Cl)cc2)cs1. The molecule has 0 aliphatic heterocycles. The Kier molecular flexibility index (Phi) is 3.05. The summed E-state index contributed by atoms with van der Waals surface area (Å²) in [6, 6.07) is 7.64. The predicted octanol–water partition coefficient (Wildman–Crippen LogP) is 3.48. The van der Waals surface area contributed by atoms with E-state index in [0.717, 1.165) is 21.3 Å². The van der Waals surface area contributed by atoms with Crippen molar-refractivity contribution in [3.63, 3.8) is 0 Å². The summed E-state index contributed by atoms with van der Waals surface area (Å²) < 4.78 is 0. The Morgan fingerprint density at radius 2 is 2.00 bits per heavy atom. The smallest absolute Gasteiger partial charge is 0.110 e. The minimum Gasteiger partial charge on any atom is -0.322 e. The third-order valence-corrected chi connectivity index (χ3v) is 3.35. The number of thiazole rings is 1. The van der Waals surface area contributed by atoms with E-state index in [2.05, 4.69) is 4.98 Å². The van der Waals surface area contributed by atoms with Gasteiger partial charge in [-0.2, -0.15) is 0 Å². The highest BCUT2D eigenvalue weighted by Crippen LogP contribution is 2.25. The highest BCUT2D eigenvalue weighted by atomic mass is 35.5. The zero-order chi connectivity index (χ0) is 10.8. The predicted molar refractivity (Wildman–Crippen MR) is 65.2 cm³/mol. The van der Waals surface area contributed by atoms with E-state index in [-0.39, 0.29) is 6.04 Å². The van der Waals surface area contributed by atoms with Gasteiger partial charge in [0.2, 0.25) is 0 Å². The molecular weight excluding hydrogens is 228 g/mol. The molecule has 0 aliphatic carbocycles. The lowest BCUT2D eigenvalue weighted by Gasteiger charge is -1.98. The molecule has 0 amide bonds. The molecule has 1 unspecified atom stereocenters. The first-order valence-corrected chi connectivity index (χ1v) is 5.89. The molecule has 1 aromatic heterocycles. The van der Waals surface area contributed by atoms with Gasteiger partial charge in [0.05, 0.1) is 11.7 Å². The van der Waals surface area contributed by atoms with Crippen LogP contribution in [-0.4, -0.2) is 4.98 Å². The van der Waals surface area contributed by atoms with E-state index in [9.17, 15) is 0 Å². The van der Waals surface area contributed by atoms with Gasteiger partial charge in [-0.3, -0.25) is 0 Å². The van der Waals surface area contributed by atoms with Crippen molar-refractivity contribution >= 4 is 22.9 Å². The molecule has 0 aliphatic rings. The zero-order valence-corrected chi connectivity index (χ0v) is 9.85. The van der Waals surface area contributed by atoms with Crippen molar-refractivity contribution in [1.82, 2.24) is 4.98 Å². The van der Waals surface area contributed by atoms with Gasteiger partial charge in [-0.15, -0.1) is 11.3 Å². The van der Waals surface area contributed by atoms with Crippen LogP contribution in [0.3, 0.4) is 0 Å². The van der Waals surface area contributed by atoms with Crippen LogP contribution in [0.1, 0.15) is 18.0 Å². The number of hydrogen-bond acceptors (Lipinski definition) is 3. The first-order valence-electron chi connectivity index (χ1n) is 4.64. The molecule has 78 valence electrons. The maximum absolute atomic E-state index is 5.82. The number of nitrogens with two attached hydrogens (primary N) is 1. The summed E-state index contributed by atoms with van der Waals surface area (Å²) >= 11 is 7.40. The fourth-order valence-corrected chi connectivity index (χ4v) is 2.16. The second-order valence-electron chi connectivity index (χ2n) is 3.37. The van der Waals surface area contributed by atoms with Gasteiger partial charge >= 0.3 is 0 Å². The largest absolute Gasteiger partial charge is 0.322 e. The Morgan fingerprint density at radius 1 is 1.33 bits per heavy atom. The molecule has 0 fully saturated rings. The van der Waals surface area contributed by atoms with Crippen molar-refractivity contribution in [3.05, 3.63) is 39.7 Å². The molecule has 0 bridgehead atoms. The van der Waals surface area contributed by atoms with Gasteiger partial charge in [0.25, 0.3) is 0 Å². The molecular formula is C11H11ClN2S. The van der Waals surface area contributed by atoms with E-state index in [4.69, 9.17) is 17.3 Å². The minimum atomic E-state index is -0.00366. The molecule has 0 spiro atoms. The molecule has 2 nitrogen and oxygen atoms in total. The highest BCUT2D eigenvalue weighted by Gasteiger charge is 2.07. The normalized spacial score (nSPS) is 12.7. The number of benzene rings is 1. The van der Waals surface area contributed by atoms with Crippen LogP contribution in [0.25, 0.3) is 11.3 Å². The summed E-state index contributed by atoms with van der Waals surface area (Å²) in [5.74, 6) is 0. The third-order valence-electron chi connectivity index (χ3n) is 2.05. The van der Waals surface area contributed by atoms with E-state index in [1.165, 1.54) is 0 Å². The third kappa shape index (κ3) is 2.37. The monoisotopic (exact) mass is 238 g/mol. The summed E-state index contributed by atoms with van der Waals surface area (Å²) in [5, 5.41) is 3.71. The summed E-state index contributed by atoms with van der Waals surface area (Å²) in [6.07, 6.45) is 0. The number of hydrogen-bond donors (Lipinski definition) is 1. The Bertz CT molecular complexity index is 448. The van der Waals surface area contributed by atoms with Crippen molar-refractivity contribution in [2.24, 2.45) is 5.73 Å². The Balaban J connectivity index is 2.33. The van der Waals surface area contributed by atoms with Crippen molar-refractivity contribution < 1.29 is 0 Å². The van der Waals surface area contributed by atoms with Crippen molar-refractivity contribution in [3.8, 4) is 11.3 Å². The van der Waals surface area contributed by atoms with Crippen LogP contribution in [0.2, 0.25) is 5.02 Å². The van der Waals surface area contributed by atoms with Gasteiger partial charge < -0.3 is 5.73 Å². The van der Waals surface area contributed by atoms with Gasteiger partial charge in [-0.1, -0.05) is 23.7 Å². The molecule has 1 atom stereocenters. The van der Waals surface area contributed by atoms with E-state index < -0.39 is 0 Å². The fourth-order valence-electron chi connectivity index (χ4n) is 1.25. The van der Waals surface area contributed by atoms with Gasteiger partial charge in [-0.25, -0.2) is 4.98 Å². The van der Waals surface area contributed by atoms with Crippen LogP contribution < -0.4 is 5.73 Å². The van der Waals surface area contributed by atoms with Crippen LogP contribution in [0, 0.1) is 0 Å². The van der Waals surface area contributed by atoms with E-state index in [1.807, 2.05) is 36.6 Å². The molecule has 4 heteroatoms. The summed E-state index contributed by atoms with van der Waals surface area (Å²) in [7, 11) is 0. The summed E-state index contributed by atoms with van der Waals surface area (Å²) in [5.41, 5.74) is 7.79. The molecule has 2 aromatic rings. The van der Waals surface area contributed by atoms with Crippen LogP contribution >= 0.6 is 22.9 Å². The molecule has 2 N–H and O–H groups in total. The van der Waals surface area contributed by atoms with Crippen LogP contribution in [0.4, 0.5) is 0 Å². The van der Waals surface area contributed by atoms with E-state index >= 15 is 0 Å². The Morgan fingerprint density at radius 3 is 2.53 bits per heavy atom. The number of rotatable bonds is 2. The number of aromatic nitrogens is 1. The van der Waals surface area contributed by atoms with Crippen molar-refractivity contribution in [2.45, 2.75) is 13.0 Å². The Labute approximate surface area is 97.7 Å². The van der Waals surface area contributed by atoms with Gasteiger partial charge in [0.15, 0.2) is 0 Å². The Hall–Kier alpha value is -0.900. The van der Waals surface area contributed by atoms with Crippen LogP contribution in [-0.2, 0) is 0 Å². The van der Waals surface area contributed by atoms with Crippen molar-refractivity contribution in [2.75, 3.05) is 0 Å². The quantitative estimate of drug-likeness (QED) is 0.870. The van der Waals surface area contributed by atoms with E-state index in [0.29, 0.717) is 0 Å². The van der Waals surface area contributed by atoms with Gasteiger partial charge in [0.1, 0.15) is 5.01 Å². The average molecular weight is 239 g/mol. The molecule has 0 saturated carbocycles. The lowest BCUT2D eigenvalue weighted by molar-refractivity contribution is 0.808. The topological polar surface area (TPSA) is 38.9 Å². The molecule has 0 saturated heterocycles. The lowest BCUT2D eigenvalue weighted by atomic mass is 10.2. The second-order valence-corrected chi connectivity index (χ2v) is 4.69. The van der Waals surface area contributed by atoms with Gasteiger partial charge in [0, 0.05) is 16.0 Å². The van der Waals surface area contributed by atoms with E-state index in [1.54, 1.807) is 11.3 Å². The fraction of sp³-hybridized carbons (Fsp3) is 0.182. The highest BCUT2D eigenvalue weighted by molar-refractivity contribution is 7.10. The average Bonchev–Trinajstić information content (AvgIpc) is 2.68. The standard InChI is InChI=1S/C11H11ClN2S/c1-7(13)11-14-10(6-15-11)8-2-4-9(12)5-3-8/h2-7H,13H2,1H3. The number of nitrogens with zero attached hydrogens (tertiary/aromatic N) is 1. The number of halogens is 1. The summed E-state index contributed by atoms with van der Waals surface area (Å²) in [4.78, 5) is 4.46. The maximum Gasteiger partial charge on any atom is 0.110 e. The molecule has 0 radical (unpaired) electrons. The zero-order valence-electron chi connectivity index (χ0n) is 8.27. The maximum atomic E-state index is 5.82. The van der Waals surface area contributed by atoms with Crippen LogP contribution in [0.15, 0.2) is 29.6 Å². The first-order chi connectivity index (χ1) is 7.16. The minimum absolute atomic E-state index is 0.00366. The lowest BCUT2D eigenvalue weighted by Crippen LogP contribution is -2.03. The molecule has 1 aromatic carbocycles. The summed E-state index contributed by atoms with van der Waals surface area (Å²) in [6.45, 7) is 1.93. The van der Waals surface area contributed by atoms with Crippen LogP contribution in [0.5, 0.6) is 0 Å². The molecule has 15 heavy (non-hydrogen) atoms.